The number of aliphatic hydroxyl groups is 4. The predicted molar refractivity (Wildman–Crippen MR) is 82.1 cm³/mol. The molecule has 1 aromatic carbocycles. The maximum Gasteiger partial charge on any atom is 0.229 e. The van der Waals surface area contributed by atoms with Gasteiger partial charge in [-0.25, -0.2) is 0 Å². The van der Waals surface area contributed by atoms with E-state index in [1.54, 1.807) is 18.2 Å². The van der Waals surface area contributed by atoms with Gasteiger partial charge in [0.2, 0.25) is 6.29 Å². The maximum atomic E-state index is 9.99. The van der Waals surface area contributed by atoms with Crippen LogP contribution in [0.3, 0.4) is 0 Å². The highest BCUT2D eigenvalue weighted by atomic mass is 16.7. The molecule has 1 aliphatic rings. The van der Waals surface area contributed by atoms with Crippen molar-refractivity contribution in [1.82, 2.24) is 0 Å². The highest BCUT2D eigenvalue weighted by Crippen LogP contribution is 2.32. The normalized spacial score (nSPS) is 31.3. The highest BCUT2D eigenvalue weighted by molar-refractivity contribution is 5.55. The van der Waals surface area contributed by atoms with Crippen molar-refractivity contribution in [2.75, 3.05) is 13.7 Å². The van der Waals surface area contributed by atoms with Crippen LogP contribution in [0.2, 0.25) is 0 Å². The van der Waals surface area contributed by atoms with Gasteiger partial charge in [0.15, 0.2) is 11.5 Å². The van der Waals surface area contributed by atoms with Gasteiger partial charge in [0.1, 0.15) is 24.4 Å². The lowest BCUT2D eigenvalue weighted by atomic mass is 9.99. The summed E-state index contributed by atoms with van der Waals surface area (Å²) in [6, 6.07) is 5.19. The van der Waals surface area contributed by atoms with Crippen LogP contribution in [0.1, 0.15) is 12.5 Å². The molecule has 0 spiro atoms. The number of methoxy groups -OCH3 is 1. The molecule has 1 heterocycles. The van der Waals surface area contributed by atoms with Crippen molar-refractivity contribution >= 4 is 6.08 Å². The summed E-state index contributed by atoms with van der Waals surface area (Å²) in [6.45, 7) is 1.38. The van der Waals surface area contributed by atoms with Crippen molar-refractivity contribution in [3.8, 4) is 11.5 Å². The van der Waals surface area contributed by atoms with Crippen molar-refractivity contribution < 1.29 is 34.6 Å². The number of hydrogen-bond acceptors (Lipinski definition) is 7. The second-order valence-corrected chi connectivity index (χ2v) is 5.23. The fourth-order valence-electron chi connectivity index (χ4n) is 2.37. The molecule has 4 N–H and O–H groups in total. The van der Waals surface area contributed by atoms with Crippen LogP contribution < -0.4 is 9.47 Å². The van der Waals surface area contributed by atoms with Gasteiger partial charge in [-0.05, 0) is 24.6 Å². The molecule has 7 heteroatoms. The van der Waals surface area contributed by atoms with E-state index in [0.717, 1.165) is 5.56 Å². The van der Waals surface area contributed by atoms with Crippen LogP contribution in [0.15, 0.2) is 24.3 Å². The van der Waals surface area contributed by atoms with Crippen LogP contribution in [0.4, 0.5) is 0 Å². The minimum atomic E-state index is -1.49. The molecule has 7 nitrogen and oxygen atoms in total. The molecule has 0 amide bonds. The van der Waals surface area contributed by atoms with E-state index in [1.165, 1.54) is 7.11 Å². The highest BCUT2D eigenvalue weighted by Gasteiger charge is 2.44. The quantitative estimate of drug-likeness (QED) is 0.599. The number of aliphatic hydroxyl groups excluding tert-OH is 4. The van der Waals surface area contributed by atoms with E-state index >= 15 is 0 Å². The van der Waals surface area contributed by atoms with Crippen LogP contribution in [0, 0.1) is 0 Å². The predicted octanol–water partition coefficient (Wildman–Crippen LogP) is -0.0930. The third-order valence-electron chi connectivity index (χ3n) is 3.64. The smallest absolute Gasteiger partial charge is 0.229 e. The lowest BCUT2D eigenvalue weighted by Crippen LogP contribution is -2.60. The summed E-state index contributed by atoms with van der Waals surface area (Å²) in [6.07, 6.45) is -2.87. The topological polar surface area (TPSA) is 109 Å². The van der Waals surface area contributed by atoms with Crippen LogP contribution in [-0.2, 0) is 4.74 Å². The van der Waals surface area contributed by atoms with Gasteiger partial charge in [-0.3, -0.25) is 0 Å². The first-order valence-electron chi connectivity index (χ1n) is 7.29. The fraction of sp³-hybridized carbons (Fsp3) is 0.500. The molecule has 2 rings (SSSR count). The first-order chi connectivity index (χ1) is 11.0. The van der Waals surface area contributed by atoms with Gasteiger partial charge in [-0.1, -0.05) is 18.2 Å². The van der Waals surface area contributed by atoms with E-state index < -0.39 is 37.3 Å². The number of rotatable bonds is 5. The number of allylic oxidation sites excluding steroid dienone is 1. The van der Waals surface area contributed by atoms with E-state index in [2.05, 4.69) is 0 Å². The summed E-state index contributed by atoms with van der Waals surface area (Å²) in [4.78, 5) is 0. The summed E-state index contributed by atoms with van der Waals surface area (Å²) < 4.78 is 16.1. The summed E-state index contributed by atoms with van der Waals surface area (Å²) in [7, 11) is 1.48. The van der Waals surface area contributed by atoms with Crippen molar-refractivity contribution in [1.29, 1.82) is 0 Å². The first kappa shape index (κ1) is 17.7. The Kier molecular flexibility index (Phi) is 5.97. The Hall–Kier alpha value is -1.64. The molecular weight excluding hydrogens is 304 g/mol. The van der Waals surface area contributed by atoms with E-state index in [9.17, 15) is 20.4 Å². The molecule has 0 bridgehead atoms. The van der Waals surface area contributed by atoms with Gasteiger partial charge in [0.25, 0.3) is 0 Å². The molecule has 5 atom stereocenters. The Morgan fingerprint density at radius 3 is 2.48 bits per heavy atom. The van der Waals surface area contributed by atoms with Gasteiger partial charge in [-0.15, -0.1) is 0 Å². The van der Waals surface area contributed by atoms with Crippen LogP contribution >= 0.6 is 0 Å². The molecule has 0 unspecified atom stereocenters. The average Bonchev–Trinajstić information content (AvgIpc) is 2.56. The monoisotopic (exact) mass is 326 g/mol. The van der Waals surface area contributed by atoms with Crippen molar-refractivity contribution in [3.63, 3.8) is 0 Å². The Labute approximate surface area is 134 Å². The zero-order valence-corrected chi connectivity index (χ0v) is 13.0. The largest absolute Gasteiger partial charge is 0.493 e. The minimum Gasteiger partial charge on any atom is -0.493 e. The van der Waals surface area contributed by atoms with Crippen LogP contribution in [0.5, 0.6) is 11.5 Å². The van der Waals surface area contributed by atoms with E-state index in [-0.39, 0.29) is 0 Å². The van der Waals surface area contributed by atoms with Gasteiger partial charge >= 0.3 is 0 Å². The second kappa shape index (κ2) is 7.76. The maximum absolute atomic E-state index is 9.99. The van der Waals surface area contributed by atoms with Crippen molar-refractivity contribution in [3.05, 3.63) is 29.8 Å². The van der Waals surface area contributed by atoms with E-state index in [0.29, 0.717) is 11.5 Å². The molecule has 0 saturated carbocycles. The average molecular weight is 326 g/mol. The summed E-state index contributed by atoms with van der Waals surface area (Å²) >= 11 is 0. The summed E-state index contributed by atoms with van der Waals surface area (Å²) in [5.41, 5.74) is 0.908. The Morgan fingerprint density at radius 1 is 1.13 bits per heavy atom. The van der Waals surface area contributed by atoms with Gasteiger partial charge in [0, 0.05) is 0 Å². The molecular formula is C16H22O7. The summed E-state index contributed by atoms with van der Waals surface area (Å²) in [5.74, 6) is 0.739. The van der Waals surface area contributed by atoms with Gasteiger partial charge < -0.3 is 34.6 Å². The molecule has 1 aromatic rings. The van der Waals surface area contributed by atoms with E-state index in [1.807, 2.05) is 19.1 Å². The van der Waals surface area contributed by atoms with E-state index in [4.69, 9.17) is 14.2 Å². The van der Waals surface area contributed by atoms with Crippen molar-refractivity contribution in [2.45, 2.75) is 37.6 Å². The third kappa shape index (κ3) is 3.82. The standard InChI is InChI=1S/C16H22O7/c1-3-4-9-5-6-10(11(7-9)21-2)22-16-15(20)14(19)13(18)12(8-17)23-16/h3-7,12-20H,8H2,1-2H3/b4-3+/t12-,13-,14+,15-,16-/m1/s1. The lowest BCUT2D eigenvalue weighted by molar-refractivity contribution is -0.277. The molecule has 23 heavy (non-hydrogen) atoms. The molecule has 128 valence electrons. The summed E-state index contributed by atoms with van der Waals surface area (Å²) in [5, 5.41) is 38.7. The molecule has 0 aliphatic carbocycles. The number of benzene rings is 1. The molecule has 0 aromatic heterocycles. The Balaban J connectivity index is 2.20. The number of hydrogen-bond donors (Lipinski definition) is 4. The lowest BCUT2D eigenvalue weighted by Gasteiger charge is -2.39. The van der Waals surface area contributed by atoms with Gasteiger partial charge in [0.05, 0.1) is 13.7 Å². The molecule has 0 radical (unpaired) electrons. The SMILES string of the molecule is C/C=C/c1ccc(O[C@@H]2O[C@H](CO)[C@@H](O)[C@H](O)[C@H]2O)c(OC)c1. The molecule has 1 aliphatic heterocycles. The molecule has 1 saturated heterocycles. The van der Waals surface area contributed by atoms with Crippen LogP contribution in [-0.4, -0.2) is 64.8 Å². The van der Waals surface area contributed by atoms with Crippen LogP contribution in [0.25, 0.3) is 6.08 Å². The minimum absolute atomic E-state index is 0.310. The Morgan fingerprint density at radius 2 is 1.87 bits per heavy atom. The Bertz CT molecular complexity index is 543. The fourth-order valence-corrected chi connectivity index (χ4v) is 2.37. The zero-order valence-electron chi connectivity index (χ0n) is 13.0. The first-order valence-corrected chi connectivity index (χ1v) is 7.29. The zero-order chi connectivity index (χ0) is 17.0. The number of ether oxygens (including phenoxy) is 3. The van der Waals surface area contributed by atoms with Gasteiger partial charge in [-0.2, -0.15) is 0 Å². The van der Waals surface area contributed by atoms with Crippen molar-refractivity contribution in [2.24, 2.45) is 0 Å². The third-order valence-corrected chi connectivity index (χ3v) is 3.64. The second-order valence-electron chi connectivity index (χ2n) is 5.23. The molecule has 1 fully saturated rings.